The first kappa shape index (κ1) is 88.8. The molecule has 0 bridgehead atoms. The lowest BCUT2D eigenvalue weighted by molar-refractivity contribution is -0.389. The maximum atomic E-state index is 15.3. The van der Waals surface area contributed by atoms with Crippen molar-refractivity contribution in [1.29, 1.82) is 0 Å². The minimum atomic E-state index is -3.59. The van der Waals surface area contributed by atoms with E-state index < -0.39 is 66.0 Å². The van der Waals surface area contributed by atoms with Crippen molar-refractivity contribution in [1.82, 2.24) is 0 Å². The molecule has 0 spiro atoms. The summed E-state index contributed by atoms with van der Waals surface area (Å²) >= 11 is 0. The maximum absolute atomic E-state index is 15.3. The zero-order valence-electron chi connectivity index (χ0n) is 61.6. The lowest BCUT2D eigenvalue weighted by atomic mass is 9.81. The van der Waals surface area contributed by atoms with Gasteiger partial charge in [-0.25, -0.2) is 19.4 Å². The van der Waals surface area contributed by atoms with Crippen LogP contribution in [0.2, 0.25) is 0 Å². The fraction of sp³-hybridized carbons (Fsp3) is 0.925. The van der Waals surface area contributed by atoms with E-state index in [1.165, 1.54) is 212 Å². The summed E-state index contributed by atoms with van der Waals surface area (Å²) in [6.07, 6.45) is 59.3. The van der Waals surface area contributed by atoms with Crippen LogP contribution in [0.3, 0.4) is 0 Å². The molecule has 1 rings (SSSR count). The first-order valence-electron chi connectivity index (χ1n) is 40.5. The van der Waals surface area contributed by atoms with Gasteiger partial charge < -0.3 is 29.2 Å². The lowest BCUT2D eigenvalue weighted by Crippen LogP contribution is -2.72. The Labute approximate surface area is 576 Å². The van der Waals surface area contributed by atoms with Crippen molar-refractivity contribution in [3.8, 4) is 0 Å². The Morgan fingerprint density at radius 1 is 0.362 bits per heavy atom. The molecule has 2 unspecified atom stereocenters. The third-order valence-electron chi connectivity index (χ3n) is 19.5. The molecule has 0 saturated carbocycles. The Balaban J connectivity index is 3.55. The summed E-state index contributed by atoms with van der Waals surface area (Å²) < 4.78 is 24.9. The monoisotopic (exact) mass is 1330 g/mol. The van der Waals surface area contributed by atoms with Crippen LogP contribution in [0.15, 0.2) is 0 Å². The fourth-order valence-electron chi connectivity index (χ4n) is 13.4. The zero-order chi connectivity index (χ0) is 68.5. The molecular weight excluding hydrogens is 1180 g/mol. The van der Waals surface area contributed by atoms with Gasteiger partial charge in [-0.3, -0.25) is 19.2 Å². The van der Waals surface area contributed by atoms with Crippen LogP contribution in [0.4, 0.5) is 0 Å². The number of cyclic esters (lactones) is 2. The quantitative estimate of drug-likeness (QED) is 0.0192. The minimum absolute atomic E-state index is 0.128. The topological polar surface area (TPSA) is 198 Å². The van der Waals surface area contributed by atoms with Crippen LogP contribution < -0.4 is 0 Å². The van der Waals surface area contributed by atoms with Crippen molar-refractivity contribution in [2.45, 2.75) is 463 Å². The largest absolute Gasteiger partial charge is 0.448 e. The molecule has 1 aliphatic heterocycles. The number of carbonyl (C=O) groups excluding carboxylic acids is 6. The number of aliphatic hydroxyl groups is 2. The van der Waals surface area contributed by atoms with Crippen molar-refractivity contribution in [2.24, 2.45) is 5.92 Å². The highest BCUT2D eigenvalue weighted by molar-refractivity contribution is 5.88. The second kappa shape index (κ2) is 64.4. The van der Waals surface area contributed by atoms with Crippen LogP contribution in [-0.4, -0.2) is 70.3 Å². The van der Waals surface area contributed by atoms with E-state index in [4.69, 9.17) is 28.7 Å². The molecule has 2 N–H and O–H groups in total. The van der Waals surface area contributed by atoms with Gasteiger partial charge >= 0.3 is 47.4 Å². The summed E-state index contributed by atoms with van der Waals surface area (Å²) in [4.78, 5) is 97.3. The van der Waals surface area contributed by atoms with Gasteiger partial charge in [0.05, 0.1) is 25.0 Å². The average molecular weight is 1330 g/mol. The van der Waals surface area contributed by atoms with Gasteiger partial charge in [0.15, 0.2) is 0 Å². The number of hydrogen-bond acceptors (Lipinski definition) is 14. The van der Waals surface area contributed by atoms with Crippen LogP contribution >= 0.6 is 0 Å². The number of esters is 4. The number of unbranched alkanes of at least 4 members (excludes halogenated alkanes) is 53. The van der Waals surface area contributed by atoms with E-state index in [1.54, 1.807) is 0 Å². The maximum Gasteiger partial charge on any atom is 0.448 e. The first-order valence-corrected chi connectivity index (χ1v) is 40.5. The van der Waals surface area contributed by atoms with Gasteiger partial charge in [-0.05, 0) is 38.5 Å². The normalized spacial score (nSPS) is 14.1. The predicted molar refractivity (Wildman–Crippen MR) is 381 cm³/mol. The highest BCUT2D eigenvalue weighted by Crippen LogP contribution is 2.46. The van der Waals surface area contributed by atoms with E-state index in [1.807, 2.05) is 0 Å². The molecule has 0 aromatic rings. The van der Waals surface area contributed by atoms with Crippen LogP contribution in [0.5, 0.6) is 0 Å². The number of carbonyl (C=O) groups is 6. The van der Waals surface area contributed by atoms with Crippen molar-refractivity contribution in [3.05, 3.63) is 0 Å². The second-order valence-corrected chi connectivity index (χ2v) is 28.3. The van der Waals surface area contributed by atoms with E-state index in [0.29, 0.717) is 44.9 Å². The van der Waals surface area contributed by atoms with Crippen molar-refractivity contribution >= 4 is 35.8 Å². The third-order valence-corrected chi connectivity index (χ3v) is 19.5. The van der Waals surface area contributed by atoms with Crippen LogP contribution in [0.25, 0.3) is 0 Å². The van der Waals surface area contributed by atoms with E-state index in [0.717, 1.165) is 109 Å². The SMILES string of the molecule is CCCCCCCCCCCCCCCCCC(=O)OOC(=O)C1(C(OC(=O)CCCCCCCCCCCCCCCCC)(OC(=O)CCCCCCCCCCCCCCCCC)C(CCCCCCCCCCCCCC)C(O)CO)OC(=O)CCCCC(=O)O1. The molecule has 14 nitrogen and oxygen atoms in total. The van der Waals surface area contributed by atoms with Crippen LogP contribution in [0, 0.1) is 5.92 Å². The van der Waals surface area contributed by atoms with Gasteiger partial charge in [0.2, 0.25) is 0 Å². The number of aliphatic hydroxyl groups excluding tert-OH is 2. The van der Waals surface area contributed by atoms with E-state index in [-0.39, 0.29) is 51.4 Å². The van der Waals surface area contributed by atoms with Crippen molar-refractivity contribution in [3.63, 3.8) is 0 Å². The molecule has 0 aliphatic carbocycles. The standard InChI is InChI=1S/C80H148O14/c1-5-9-13-17-21-25-29-33-36-39-43-47-51-55-59-65-73(83)89-79(71(72(82)70-81)64-58-54-50-46-42-32-28-24-20-16-12-8-4,90-74(84)66-60-56-52-48-44-40-37-34-30-26-22-18-14-10-6-2)80(91-75(85)67-62-63-68-76(86)92-80)78(88)94-93-77(87)69-61-57-53-49-45-41-38-35-31-27-23-19-15-11-7-3/h71-72,81-82H,5-70H2,1-4H3. The fourth-order valence-corrected chi connectivity index (χ4v) is 13.4. The smallest absolute Gasteiger partial charge is 0.414 e. The molecule has 2 atom stereocenters. The van der Waals surface area contributed by atoms with Gasteiger partial charge in [-0.2, -0.15) is 0 Å². The van der Waals surface area contributed by atoms with Gasteiger partial charge in [0, 0.05) is 25.7 Å². The molecule has 552 valence electrons. The third kappa shape index (κ3) is 46.9. The summed E-state index contributed by atoms with van der Waals surface area (Å²) in [6.45, 7) is 7.97. The summed E-state index contributed by atoms with van der Waals surface area (Å²) in [5.74, 6) is -15.5. The molecule has 1 aliphatic rings. The van der Waals surface area contributed by atoms with Crippen LogP contribution in [0.1, 0.15) is 445 Å². The van der Waals surface area contributed by atoms with Crippen molar-refractivity contribution in [2.75, 3.05) is 6.61 Å². The summed E-state index contributed by atoms with van der Waals surface area (Å²) in [5, 5.41) is 23.1. The number of rotatable bonds is 68. The second-order valence-electron chi connectivity index (χ2n) is 28.3. The molecular formula is C80H148O14. The Bertz CT molecular complexity index is 1720. The van der Waals surface area contributed by atoms with Gasteiger partial charge in [-0.1, -0.05) is 374 Å². The van der Waals surface area contributed by atoms with Gasteiger partial charge in [-0.15, -0.1) is 0 Å². The molecule has 94 heavy (non-hydrogen) atoms. The molecule has 1 heterocycles. The minimum Gasteiger partial charge on any atom is -0.414 e. The Morgan fingerprint density at radius 3 is 0.851 bits per heavy atom. The average Bonchev–Trinajstić information content (AvgIpc) is 0.830. The highest BCUT2D eigenvalue weighted by Gasteiger charge is 2.76. The molecule has 1 saturated heterocycles. The predicted octanol–water partition coefficient (Wildman–Crippen LogP) is 23.0. The Kier molecular flexibility index (Phi) is 60.8. The van der Waals surface area contributed by atoms with E-state index >= 15 is 4.79 Å². The molecule has 0 radical (unpaired) electrons. The molecule has 0 aromatic carbocycles. The zero-order valence-corrected chi connectivity index (χ0v) is 61.6. The Hall–Kier alpha value is -3.26. The molecule has 0 aromatic heterocycles. The molecule has 0 amide bonds. The highest BCUT2D eigenvalue weighted by atomic mass is 17.2. The summed E-state index contributed by atoms with van der Waals surface area (Å²) in [6, 6.07) is 0. The first-order chi connectivity index (χ1) is 46.0. The van der Waals surface area contributed by atoms with E-state index in [2.05, 4.69) is 27.7 Å². The van der Waals surface area contributed by atoms with Crippen LogP contribution in [-0.2, 0) is 57.5 Å². The molecule has 14 heteroatoms. The summed E-state index contributed by atoms with van der Waals surface area (Å²) in [7, 11) is 0. The number of hydrogen-bond donors (Lipinski definition) is 2. The summed E-state index contributed by atoms with van der Waals surface area (Å²) in [5.41, 5.74) is 0. The van der Waals surface area contributed by atoms with Crippen molar-refractivity contribution < 1.29 is 67.7 Å². The van der Waals surface area contributed by atoms with E-state index in [9.17, 15) is 34.2 Å². The van der Waals surface area contributed by atoms with Gasteiger partial charge in [0.1, 0.15) is 0 Å². The molecule has 1 fully saturated rings. The number of ether oxygens (including phenoxy) is 4. The Morgan fingerprint density at radius 2 is 0.596 bits per heavy atom. The lowest BCUT2D eigenvalue weighted by Gasteiger charge is -2.47. The van der Waals surface area contributed by atoms with Gasteiger partial charge in [0.25, 0.3) is 0 Å².